The van der Waals surface area contributed by atoms with Crippen LogP contribution in [0.1, 0.15) is 13.8 Å². The molecule has 0 rings (SSSR count). The molecule has 0 aliphatic rings. The molecule has 0 aliphatic heterocycles. The molecule has 62 valence electrons. The van der Waals surface area contributed by atoms with Crippen molar-refractivity contribution in [3.05, 3.63) is 0 Å². The van der Waals surface area contributed by atoms with E-state index in [1.165, 1.54) is 0 Å². The van der Waals surface area contributed by atoms with Crippen LogP contribution < -0.4 is 11.1 Å². The molecular weight excluding hydrogens is 144 g/mol. The lowest BCUT2D eigenvalue weighted by atomic mass is 10.3. The molecule has 0 aliphatic carbocycles. The van der Waals surface area contributed by atoms with E-state index in [4.69, 9.17) is 5.73 Å². The fraction of sp³-hybridized carbons (Fsp3) is 1.00. The Morgan fingerprint density at radius 1 is 1.50 bits per heavy atom. The molecule has 0 fully saturated rings. The van der Waals surface area contributed by atoms with E-state index in [1.807, 2.05) is 11.8 Å². The van der Waals surface area contributed by atoms with Gasteiger partial charge < -0.3 is 11.1 Å². The number of hydrogen-bond donors (Lipinski definition) is 2. The van der Waals surface area contributed by atoms with Gasteiger partial charge in [-0.3, -0.25) is 0 Å². The van der Waals surface area contributed by atoms with Gasteiger partial charge in [-0.1, -0.05) is 6.92 Å². The molecule has 0 radical (unpaired) electrons. The third kappa shape index (κ3) is 5.09. The Kier molecular flexibility index (Phi) is 6.17. The zero-order valence-electron chi connectivity index (χ0n) is 7.05. The van der Waals surface area contributed by atoms with Gasteiger partial charge in [0.15, 0.2) is 0 Å². The van der Waals surface area contributed by atoms with Crippen LogP contribution in [-0.4, -0.2) is 30.6 Å². The maximum Gasteiger partial charge on any atom is 0.0162 e. The van der Waals surface area contributed by atoms with Crippen LogP contribution in [0.5, 0.6) is 0 Å². The molecule has 0 aromatic heterocycles. The average Bonchev–Trinajstić information content (AvgIpc) is 1.99. The van der Waals surface area contributed by atoms with Crippen LogP contribution in [0.3, 0.4) is 0 Å². The van der Waals surface area contributed by atoms with Crippen molar-refractivity contribution in [1.29, 1.82) is 0 Å². The number of thioether (sulfide) groups is 1. The quantitative estimate of drug-likeness (QED) is 0.624. The van der Waals surface area contributed by atoms with Crippen LogP contribution in [0.2, 0.25) is 0 Å². The van der Waals surface area contributed by atoms with Gasteiger partial charge in [0.1, 0.15) is 0 Å². The largest absolute Gasteiger partial charge is 0.329 e. The highest BCUT2D eigenvalue weighted by atomic mass is 32.2. The van der Waals surface area contributed by atoms with Gasteiger partial charge in [-0.25, -0.2) is 0 Å². The van der Waals surface area contributed by atoms with Gasteiger partial charge in [0.05, 0.1) is 0 Å². The first kappa shape index (κ1) is 10.3. The third-order valence-electron chi connectivity index (χ3n) is 1.51. The molecule has 0 saturated heterocycles. The lowest BCUT2D eigenvalue weighted by Gasteiger charge is -2.14. The summed E-state index contributed by atoms with van der Waals surface area (Å²) in [6.45, 7) is 6.09. The summed E-state index contributed by atoms with van der Waals surface area (Å²) in [5.74, 6) is 0. The summed E-state index contributed by atoms with van der Waals surface area (Å²) in [5.41, 5.74) is 5.43. The van der Waals surface area contributed by atoms with E-state index in [-0.39, 0.29) is 0 Å². The summed E-state index contributed by atoms with van der Waals surface area (Å²) in [7, 11) is 0. The van der Waals surface area contributed by atoms with Gasteiger partial charge in [0, 0.05) is 24.4 Å². The van der Waals surface area contributed by atoms with Crippen molar-refractivity contribution in [2.75, 3.05) is 19.3 Å². The number of nitrogens with one attached hydrogen (secondary N) is 1. The van der Waals surface area contributed by atoms with Crippen LogP contribution in [0.15, 0.2) is 0 Å². The van der Waals surface area contributed by atoms with E-state index >= 15 is 0 Å². The summed E-state index contributed by atoms with van der Waals surface area (Å²) >= 11 is 1.87. The molecule has 0 bridgehead atoms. The summed E-state index contributed by atoms with van der Waals surface area (Å²) in [6, 6.07) is 0.453. The first-order valence-electron chi connectivity index (χ1n) is 3.67. The highest BCUT2D eigenvalue weighted by Crippen LogP contribution is 2.02. The van der Waals surface area contributed by atoms with Crippen LogP contribution in [0.4, 0.5) is 0 Å². The third-order valence-corrected chi connectivity index (χ3v) is 2.48. The van der Waals surface area contributed by atoms with Gasteiger partial charge in [-0.2, -0.15) is 11.8 Å². The Hall–Kier alpha value is 0.270. The van der Waals surface area contributed by atoms with Crippen molar-refractivity contribution < 1.29 is 0 Å². The predicted octanol–water partition coefficient (Wildman–Crippen LogP) is 0.675. The van der Waals surface area contributed by atoms with Crippen LogP contribution in [-0.2, 0) is 0 Å². The van der Waals surface area contributed by atoms with Crippen molar-refractivity contribution in [2.24, 2.45) is 5.73 Å². The molecule has 2 atom stereocenters. The van der Waals surface area contributed by atoms with Crippen LogP contribution in [0.25, 0.3) is 0 Å². The minimum absolute atomic E-state index is 0.453. The number of nitrogens with two attached hydrogens (primary N) is 1. The second kappa shape index (κ2) is 6.01. The monoisotopic (exact) mass is 162 g/mol. The average molecular weight is 162 g/mol. The fourth-order valence-corrected chi connectivity index (χ4v) is 0.797. The Morgan fingerprint density at radius 3 is 2.50 bits per heavy atom. The molecule has 3 heteroatoms. The second-order valence-corrected chi connectivity index (χ2v) is 3.87. The smallest absolute Gasteiger partial charge is 0.0162 e. The predicted molar refractivity (Wildman–Crippen MR) is 49.5 cm³/mol. The molecule has 2 nitrogen and oxygen atoms in total. The molecule has 0 amide bonds. The van der Waals surface area contributed by atoms with Gasteiger partial charge in [-0.05, 0) is 13.2 Å². The standard InChI is InChI=1S/C7H18N2S/c1-6(4-8)9-5-7(2)10-3/h6-7,9H,4-5,8H2,1-3H3. The van der Waals surface area contributed by atoms with E-state index in [2.05, 4.69) is 25.4 Å². The van der Waals surface area contributed by atoms with E-state index in [9.17, 15) is 0 Å². The molecule has 3 N–H and O–H groups in total. The van der Waals surface area contributed by atoms with Crippen molar-refractivity contribution >= 4 is 11.8 Å². The molecule has 0 saturated carbocycles. The van der Waals surface area contributed by atoms with Crippen molar-refractivity contribution in [3.8, 4) is 0 Å². The fourth-order valence-electron chi connectivity index (χ4n) is 0.534. The zero-order valence-corrected chi connectivity index (χ0v) is 7.87. The lowest BCUT2D eigenvalue weighted by Crippen LogP contribution is -2.36. The van der Waals surface area contributed by atoms with E-state index in [0.717, 1.165) is 13.1 Å². The number of rotatable bonds is 5. The van der Waals surface area contributed by atoms with E-state index in [1.54, 1.807) is 0 Å². The molecule has 0 aromatic rings. The molecule has 0 spiro atoms. The SMILES string of the molecule is CSC(C)CNC(C)CN. The zero-order chi connectivity index (χ0) is 7.98. The topological polar surface area (TPSA) is 38.0 Å². The van der Waals surface area contributed by atoms with Gasteiger partial charge in [0.2, 0.25) is 0 Å². The Morgan fingerprint density at radius 2 is 2.10 bits per heavy atom. The van der Waals surface area contributed by atoms with Gasteiger partial charge >= 0.3 is 0 Å². The lowest BCUT2D eigenvalue weighted by molar-refractivity contribution is 0.558. The first-order chi connectivity index (χ1) is 4.70. The molecule has 0 heterocycles. The number of hydrogen-bond acceptors (Lipinski definition) is 3. The second-order valence-electron chi connectivity index (χ2n) is 2.59. The Labute approximate surface area is 67.9 Å². The molecule has 10 heavy (non-hydrogen) atoms. The van der Waals surface area contributed by atoms with E-state index < -0.39 is 0 Å². The van der Waals surface area contributed by atoms with Crippen LogP contribution >= 0.6 is 11.8 Å². The van der Waals surface area contributed by atoms with Crippen LogP contribution in [0, 0.1) is 0 Å². The highest BCUT2D eigenvalue weighted by molar-refractivity contribution is 7.99. The van der Waals surface area contributed by atoms with Crippen molar-refractivity contribution in [3.63, 3.8) is 0 Å². The Balaban J connectivity index is 3.17. The maximum absolute atomic E-state index is 5.43. The Bertz CT molecular complexity index is 68.0. The highest BCUT2D eigenvalue weighted by Gasteiger charge is 2.00. The molecular formula is C7H18N2S. The minimum Gasteiger partial charge on any atom is -0.329 e. The van der Waals surface area contributed by atoms with Gasteiger partial charge in [-0.15, -0.1) is 0 Å². The van der Waals surface area contributed by atoms with Crippen molar-refractivity contribution in [1.82, 2.24) is 5.32 Å². The molecule has 2 unspecified atom stereocenters. The normalized spacial score (nSPS) is 16.8. The first-order valence-corrected chi connectivity index (χ1v) is 4.95. The minimum atomic E-state index is 0.453. The summed E-state index contributed by atoms with van der Waals surface area (Å²) in [6.07, 6.45) is 2.12. The van der Waals surface area contributed by atoms with E-state index in [0.29, 0.717) is 11.3 Å². The summed E-state index contributed by atoms with van der Waals surface area (Å²) in [5, 5.41) is 4.03. The van der Waals surface area contributed by atoms with Gasteiger partial charge in [0.25, 0.3) is 0 Å². The molecule has 0 aromatic carbocycles. The summed E-state index contributed by atoms with van der Waals surface area (Å²) < 4.78 is 0. The van der Waals surface area contributed by atoms with Crippen molar-refractivity contribution in [2.45, 2.75) is 25.1 Å². The summed E-state index contributed by atoms with van der Waals surface area (Å²) in [4.78, 5) is 0. The maximum atomic E-state index is 5.43.